The average molecular weight is 279 g/mol. The first-order valence-electron chi connectivity index (χ1n) is 7.12. The van der Waals surface area contributed by atoms with E-state index < -0.39 is 0 Å². The third kappa shape index (κ3) is 2.55. The van der Waals surface area contributed by atoms with E-state index in [0.717, 1.165) is 30.7 Å². The SMILES string of the molecule is COc1cc(CNC2CCCC2CO)cc2c1OCO2. The lowest BCUT2D eigenvalue weighted by molar-refractivity contribution is 0.171. The average Bonchev–Trinajstić information content (AvgIpc) is 3.12. The van der Waals surface area contributed by atoms with E-state index in [1.807, 2.05) is 12.1 Å². The van der Waals surface area contributed by atoms with Crippen molar-refractivity contribution in [2.45, 2.75) is 31.8 Å². The third-order valence-corrected chi connectivity index (χ3v) is 4.18. The smallest absolute Gasteiger partial charge is 0.231 e. The molecule has 0 saturated heterocycles. The molecule has 1 aromatic rings. The van der Waals surface area contributed by atoms with Gasteiger partial charge in [0.25, 0.3) is 0 Å². The van der Waals surface area contributed by atoms with Crippen LogP contribution in [0.1, 0.15) is 24.8 Å². The molecule has 1 fully saturated rings. The van der Waals surface area contributed by atoms with Crippen molar-refractivity contribution < 1.29 is 19.3 Å². The van der Waals surface area contributed by atoms with Crippen molar-refractivity contribution in [3.05, 3.63) is 17.7 Å². The van der Waals surface area contributed by atoms with E-state index in [4.69, 9.17) is 14.2 Å². The quantitative estimate of drug-likeness (QED) is 0.858. The highest BCUT2D eigenvalue weighted by Gasteiger charge is 2.26. The van der Waals surface area contributed by atoms with Gasteiger partial charge in [-0.05, 0) is 36.5 Å². The van der Waals surface area contributed by atoms with Crippen LogP contribution in [-0.2, 0) is 6.54 Å². The molecule has 1 aliphatic heterocycles. The van der Waals surface area contributed by atoms with Gasteiger partial charge in [0, 0.05) is 19.2 Å². The minimum Gasteiger partial charge on any atom is -0.493 e. The van der Waals surface area contributed by atoms with Crippen LogP contribution in [0.5, 0.6) is 17.2 Å². The Labute approximate surface area is 118 Å². The minimum atomic E-state index is 0.248. The van der Waals surface area contributed by atoms with Gasteiger partial charge >= 0.3 is 0 Å². The molecule has 2 N–H and O–H groups in total. The van der Waals surface area contributed by atoms with E-state index in [1.54, 1.807) is 7.11 Å². The Morgan fingerprint density at radius 1 is 1.35 bits per heavy atom. The lowest BCUT2D eigenvalue weighted by atomic mass is 10.0. The third-order valence-electron chi connectivity index (χ3n) is 4.18. The van der Waals surface area contributed by atoms with Gasteiger partial charge in [0.05, 0.1) is 7.11 Å². The van der Waals surface area contributed by atoms with Crippen LogP contribution in [0.2, 0.25) is 0 Å². The van der Waals surface area contributed by atoms with Gasteiger partial charge < -0.3 is 24.6 Å². The summed E-state index contributed by atoms with van der Waals surface area (Å²) < 4.78 is 16.2. The summed E-state index contributed by atoms with van der Waals surface area (Å²) in [6.45, 7) is 1.26. The molecule has 1 aliphatic carbocycles. The van der Waals surface area contributed by atoms with E-state index in [9.17, 15) is 5.11 Å². The maximum atomic E-state index is 9.35. The number of fused-ring (bicyclic) bond motifs is 1. The Morgan fingerprint density at radius 2 is 2.25 bits per heavy atom. The van der Waals surface area contributed by atoms with Crippen LogP contribution in [0.3, 0.4) is 0 Å². The van der Waals surface area contributed by atoms with Crippen LogP contribution >= 0.6 is 0 Å². The predicted octanol–water partition coefficient (Wildman–Crippen LogP) is 1.67. The summed E-state index contributed by atoms with van der Waals surface area (Å²) >= 11 is 0. The number of rotatable bonds is 5. The van der Waals surface area contributed by atoms with Gasteiger partial charge in [-0.2, -0.15) is 0 Å². The summed E-state index contributed by atoms with van der Waals surface area (Å²) in [6.07, 6.45) is 3.43. The molecule has 0 bridgehead atoms. The molecular formula is C15H21NO4. The number of aliphatic hydroxyl groups excluding tert-OH is 1. The zero-order valence-corrected chi connectivity index (χ0v) is 11.7. The zero-order valence-electron chi connectivity index (χ0n) is 11.7. The maximum Gasteiger partial charge on any atom is 0.231 e. The molecule has 1 heterocycles. The molecule has 1 aromatic carbocycles. The first-order chi connectivity index (χ1) is 9.81. The van der Waals surface area contributed by atoms with Crippen LogP contribution in [-0.4, -0.2) is 31.7 Å². The normalized spacial score (nSPS) is 24.1. The van der Waals surface area contributed by atoms with Gasteiger partial charge in [0.1, 0.15) is 0 Å². The van der Waals surface area contributed by atoms with Crippen molar-refractivity contribution in [2.75, 3.05) is 20.5 Å². The molecule has 0 spiro atoms. The van der Waals surface area contributed by atoms with E-state index >= 15 is 0 Å². The first-order valence-corrected chi connectivity index (χ1v) is 7.12. The van der Waals surface area contributed by atoms with E-state index in [0.29, 0.717) is 23.5 Å². The number of hydrogen-bond acceptors (Lipinski definition) is 5. The second-order valence-corrected chi connectivity index (χ2v) is 5.39. The number of ether oxygens (including phenoxy) is 3. The fourth-order valence-electron chi connectivity index (χ4n) is 3.06. The number of benzene rings is 1. The topological polar surface area (TPSA) is 60.0 Å². The number of methoxy groups -OCH3 is 1. The Balaban J connectivity index is 1.68. The minimum absolute atomic E-state index is 0.248. The van der Waals surface area contributed by atoms with Gasteiger partial charge in [0.15, 0.2) is 11.5 Å². The first kappa shape index (κ1) is 13.5. The summed E-state index contributed by atoms with van der Waals surface area (Å²) in [7, 11) is 1.63. The molecule has 20 heavy (non-hydrogen) atoms. The van der Waals surface area contributed by atoms with Crippen molar-refractivity contribution >= 4 is 0 Å². The predicted molar refractivity (Wildman–Crippen MR) is 74.2 cm³/mol. The lowest BCUT2D eigenvalue weighted by Crippen LogP contribution is -2.33. The molecule has 3 rings (SSSR count). The Bertz CT molecular complexity index is 477. The summed E-state index contributed by atoms with van der Waals surface area (Å²) in [6, 6.07) is 4.36. The maximum absolute atomic E-state index is 9.35. The molecule has 5 heteroatoms. The van der Waals surface area contributed by atoms with Crippen molar-refractivity contribution in [1.82, 2.24) is 5.32 Å². The molecule has 5 nitrogen and oxygen atoms in total. The molecule has 110 valence electrons. The van der Waals surface area contributed by atoms with Gasteiger partial charge in [-0.25, -0.2) is 0 Å². The lowest BCUT2D eigenvalue weighted by Gasteiger charge is -2.19. The molecular weight excluding hydrogens is 258 g/mol. The van der Waals surface area contributed by atoms with Crippen LogP contribution in [0.4, 0.5) is 0 Å². The molecule has 0 aromatic heterocycles. The summed E-state index contributed by atoms with van der Waals surface area (Å²) in [4.78, 5) is 0. The van der Waals surface area contributed by atoms with Crippen molar-refractivity contribution in [2.24, 2.45) is 5.92 Å². The summed E-state index contributed by atoms with van der Waals surface area (Å²) in [5.41, 5.74) is 1.11. The highest BCUT2D eigenvalue weighted by atomic mass is 16.7. The van der Waals surface area contributed by atoms with E-state index in [-0.39, 0.29) is 13.4 Å². The molecule has 2 atom stereocenters. The Morgan fingerprint density at radius 3 is 3.05 bits per heavy atom. The van der Waals surface area contributed by atoms with Crippen molar-refractivity contribution in [3.8, 4) is 17.2 Å². The number of nitrogens with one attached hydrogen (secondary N) is 1. The Kier molecular flexibility index (Phi) is 3.98. The number of hydrogen-bond donors (Lipinski definition) is 2. The highest BCUT2D eigenvalue weighted by molar-refractivity contribution is 5.55. The van der Waals surface area contributed by atoms with E-state index in [1.165, 1.54) is 6.42 Å². The Hall–Kier alpha value is -1.46. The fourth-order valence-corrected chi connectivity index (χ4v) is 3.06. The standard InChI is InChI=1S/C15H21NO4/c1-18-13-5-10(6-14-15(13)20-9-19-14)7-16-12-4-2-3-11(12)8-17/h5-6,11-12,16-17H,2-4,7-9H2,1H3. The van der Waals surface area contributed by atoms with Crippen molar-refractivity contribution in [3.63, 3.8) is 0 Å². The van der Waals surface area contributed by atoms with Crippen LogP contribution in [0, 0.1) is 5.92 Å². The van der Waals surface area contributed by atoms with Gasteiger partial charge in [0.2, 0.25) is 12.5 Å². The molecule has 0 radical (unpaired) electrons. The number of aliphatic hydroxyl groups is 1. The monoisotopic (exact) mass is 279 g/mol. The second-order valence-electron chi connectivity index (χ2n) is 5.39. The van der Waals surface area contributed by atoms with Crippen molar-refractivity contribution in [1.29, 1.82) is 0 Å². The summed E-state index contributed by atoms with van der Waals surface area (Å²) in [5.74, 6) is 2.52. The van der Waals surface area contributed by atoms with Crippen LogP contribution < -0.4 is 19.5 Å². The van der Waals surface area contributed by atoms with E-state index in [2.05, 4.69) is 5.32 Å². The fraction of sp³-hybridized carbons (Fsp3) is 0.600. The molecule has 1 saturated carbocycles. The zero-order chi connectivity index (χ0) is 13.9. The van der Waals surface area contributed by atoms with Crippen LogP contribution in [0.15, 0.2) is 12.1 Å². The van der Waals surface area contributed by atoms with Gasteiger partial charge in [-0.3, -0.25) is 0 Å². The molecule has 2 aliphatic rings. The van der Waals surface area contributed by atoms with Gasteiger partial charge in [-0.1, -0.05) is 6.42 Å². The highest BCUT2D eigenvalue weighted by Crippen LogP contribution is 2.41. The summed E-state index contributed by atoms with van der Waals surface area (Å²) in [5, 5.41) is 12.9. The largest absolute Gasteiger partial charge is 0.493 e. The molecule has 2 unspecified atom stereocenters. The second kappa shape index (κ2) is 5.89. The van der Waals surface area contributed by atoms with Crippen LogP contribution in [0.25, 0.3) is 0 Å². The van der Waals surface area contributed by atoms with Gasteiger partial charge in [-0.15, -0.1) is 0 Å². The molecule has 0 amide bonds.